The molecule has 0 atom stereocenters. The fourth-order valence-corrected chi connectivity index (χ4v) is 4.50. The van der Waals surface area contributed by atoms with Crippen molar-refractivity contribution in [2.45, 2.75) is 18.7 Å². The van der Waals surface area contributed by atoms with Gasteiger partial charge in [0.05, 0.1) is 4.91 Å². The van der Waals surface area contributed by atoms with Crippen molar-refractivity contribution in [2.24, 2.45) is 0 Å². The Morgan fingerprint density at radius 1 is 1.28 bits per heavy atom. The molecule has 0 saturated carbocycles. The lowest BCUT2D eigenvalue weighted by Gasteiger charge is -2.13. The third kappa shape index (κ3) is 3.92. The number of thiocarbonyl (C=S) groups is 1. The Kier molecular flexibility index (Phi) is 5.51. The summed E-state index contributed by atoms with van der Waals surface area (Å²) in [5.74, 6) is 1.05. The monoisotopic (exact) mass is 387 g/mol. The fraction of sp³-hybridized carbons (Fsp3) is 0.158. The van der Waals surface area contributed by atoms with Gasteiger partial charge in [0.2, 0.25) is 0 Å². The first-order valence-corrected chi connectivity index (χ1v) is 10.0. The van der Waals surface area contributed by atoms with E-state index in [-0.39, 0.29) is 11.7 Å². The van der Waals surface area contributed by atoms with E-state index in [0.29, 0.717) is 9.23 Å². The van der Waals surface area contributed by atoms with E-state index in [9.17, 15) is 9.90 Å². The molecule has 1 saturated heterocycles. The standard InChI is InChI=1S/C19H17NO2S3/c1-3-24-15-7-5-4-6-13(15)14-9-12(8-11(2)17(14)21)10-16-18(22)20-19(23)25-16/h4-10,21H,3H2,1-2H3,(H,20,22,23)/b16-10-. The van der Waals surface area contributed by atoms with Crippen LogP contribution in [-0.4, -0.2) is 21.1 Å². The maximum absolute atomic E-state index is 11.9. The predicted molar refractivity (Wildman–Crippen MR) is 111 cm³/mol. The lowest BCUT2D eigenvalue weighted by atomic mass is 9.98. The van der Waals surface area contributed by atoms with Crippen LogP contribution in [0.25, 0.3) is 17.2 Å². The van der Waals surface area contributed by atoms with Gasteiger partial charge in [-0.1, -0.05) is 49.1 Å². The summed E-state index contributed by atoms with van der Waals surface area (Å²) < 4.78 is 0.469. The zero-order chi connectivity index (χ0) is 18.0. The van der Waals surface area contributed by atoms with Gasteiger partial charge in [-0.25, -0.2) is 0 Å². The molecule has 0 unspecified atom stereocenters. The van der Waals surface area contributed by atoms with Crippen LogP contribution in [0, 0.1) is 6.92 Å². The van der Waals surface area contributed by atoms with Crippen LogP contribution in [-0.2, 0) is 4.79 Å². The molecule has 2 N–H and O–H groups in total. The molecule has 1 heterocycles. The molecule has 1 aliphatic heterocycles. The van der Waals surface area contributed by atoms with Gasteiger partial charge in [-0.15, -0.1) is 11.8 Å². The van der Waals surface area contributed by atoms with E-state index in [4.69, 9.17) is 12.2 Å². The van der Waals surface area contributed by atoms with E-state index < -0.39 is 0 Å². The number of aromatic hydroxyl groups is 1. The molecule has 3 rings (SSSR count). The number of carbonyl (C=O) groups is 1. The Labute approximate surface area is 160 Å². The lowest BCUT2D eigenvalue weighted by molar-refractivity contribution is -0.115. The van der Waals surface area contributed by atoms with Crippen molar-refractivity contribution in [1.82, 2.24) is 5.32 Å². The first-order valence-electron chi connectivity index (χ1n) is 7.80. The minimum Gasteiger partial charge on any atom is -0.507 e. The highest BCUT2D eigenvalue weighted by Gasteiger charge is 2.22. The van der Waals surface area contributed by atoms with Gasteiger partial charge < -0.3 is 10.4 Å². The van der Waals surface area contributed by atoms with Crippen molar-refractivity contribution < 1.29 is 9.90 Å². The molecule has 25 heavy (non-hydrogen) atoms. The molecule has 1 aliphatic rings. The van der Waals surface area contributed by atoms with Crippen molar-refractivity contribution in [3.05, 3.63) is 52.4 Å². The van der Waals surface area contributed by atoms with Gasteiger partial charge in [-0.2, -0.15) is 0 Å². The highest BCUT2D eigenvalue weighted by Crippen LogP contribution is 2.39. The molecule has 2 aromatic carbocycles. The van der Waals surface area contributed by atoms with Gasteiger partial charge in [0.1, 0.15) is 10.1 Å². The van der Waals surface area contributed by atoms with E-state index in [2.05, 4.69) is 18.3 Å². The smallest absolute Gasteiger partial charge is 0.263 e. The Bertz CT molecular complexity index is 890. The van der Waals surface area contributed by atoms with Crippen LogP contribution in [0.5, 0.6) is 5.75 Å². The molecule has 6 heteroatoms. The molecule has 0 aliphatic carbocycles. The van der Waals surface area contributed by atoms with E-state index >= 15 is 0 Å². The third-order valence-electron chi connectivity index (χ3n) is 3.74. The number of phenols is 1. The number of amides is 1. The average molecular weight is 388 g/mol. The largest absolute Gasteiger partial charge is 0.507 e. The molecule has 0 bridgehead atoms. The Balaban J connectivity index is 2.10. The maximum atomic E-state index is 11.9. The van der Waals surface area contributed by atoms with Crippen LogP contribution >= 0.6 is 35.7 Å². The second kappa shape index (κ2) is 7.64. The van der Waals surface area contributed by atoms with Gasteiger partial charge >= 0.3 is 0 Å². The number of thioether (sulfide) groups is 2. The summed E-state index contributed by atoms with van der Waals surface area (Å²) in [6.07, 6.45) is 1.81. The van der Waals surface area contributed by atoms with Gasteiger partial charge in [0, 0.05) is 10.5 Å². The maximum Gasteiger partial charge on any atom is 0.263 e. The second-order valence-electron chi connectivity index (χ2n) is 5.52. The van der Waals surface area contributed by atoms with Gasteiger partial charge in [0.25, 0.3) is 5.91 Å². The highest BCUT2D eigenvalue weighted by atomic mass is 32.2. The van der Waals surface area contributed by atoms with Crippen molar-refractivity contribution >= 4 is 52.0 Å². The van der Waals surface area contributed by atoms with Crippen LogP contribution in [0.15, 0.2) is 46.2 Å². The van der Waals surface area contributed by atoms with Crippen molar-refractivity contribution in [1.29, 1.82) is 0 Å². The van der Waals surface area contributed by atoms with Crippen molar-refractivity contribution in [3.8, 4) is 16.9 Å². The second-order valence-corrected chi connectivity index (χ2v) is 8.54. The van der Waals surface area contributed by atoms with E-state index in [0.717, 1.165) is 32.9 Å². The van der Waals surface area contributed by atoms with Crippen molar-refractivity contribution in [2.75, 3.05) is 5.75 Å². The summed E-state index contributed by atoms with van der Waals surface area (Å²) in [5.41, 5.74) is 3.40. The number of rotatable bonds is 4. The van der Waals surface area contributed by atoms with Crippen LogP contribution in [0.1, 0.15) is 18.1 Å². The molecule has 0 aromatic heterocycles. The Morgan fingerprint density at radius 3 is 2.72 bits per heavy atom. The summed E-state index contributed by atoms with van der Waals surface area (Å²) in [5, 5.41) is 13.2. The van der Waals surface area contributed by atoms with Gasteiger partial charge in [-0.05, 0) is 53.6 Å². The van der Waals surface area contributed by atoms with Crippen LogP contribution < -0.4 is 5.32 Å². The van der Waals surface area contributed by atoms with Crippen LogP contribution in [0.3, 0.4) is 0 Å². The molecule has 1 fully saturated rings. The summed E-state index contributed by atoms with van der Waals surface area (Å²) >= 11 is 8.03. The normalized spacial score (nSPS) is 15.7. The quantitative estimate of drug-likeness (QED) is 0.441. The van der Waals surface area contributed by atoms with Crippen molar-refractivity contribution in [3.63, 3.8) is 0 Å². The van der Waals surface area contributed by atoms with Gasteiger partial charge in [0.15, 0.2) is 0 Å². The first kappa shape index (κ1) is 18.0. The minimum absolute atomic E-state index is 0.177. The molecule has 2 aromatic rings. The number of hydrogen-bond donors (Lipinski definition) is 2. The Hall–Kier alpha value is -1.76. The average Bonchev–Trinajstić information content (AvgIpc) is 2.89. The zero-order valence-corrected chi connectivity index (χ0v) is 16.3. The van der Waals surface area contributed by atoms with Crippen LogP contribution in [0.2, 0.25) is 0 Å². The zero-order valence-electron chi connectivity index (χ0n) is 13.8. The van der Waals surface area contributed by atoms with Crippen LogP contribution in [0.4, 0.5) is 0 Å². The molecule has 128 valence electrons. The summed E-state index contributed by atoms with van der Waals surface area (Å²) in [6.45, 7) is 3.97. The minimum atomic E-state index is -0.177. The van der Waals surface area contributed by atoms with E-state index in [1.165, 1.54) is 11.8 Å². The molecule has 1 amide bonds. The fourth-order valence-electron chi connectivity index (χ4n) is 2.64. The van der Waals surface area contributed by atoms with E-state index in [1.54, 1.807) is 11.8 Å². The molecule has 3 nitrogen and oxygen atoms in total. The van der Waals surface area contributed by atoms with E-state index in [1.807, 2.05) is 43.3 Å². The Morgan fingerprint density at radius 2 is 2.04 bits per heavy atom. The summed E-state index contributed by atoms with van der Waals surface area (Å²) in [7, 11) is 0. The number of carbonyl (C=O) groups excluding carboxylic acids is 1. The molecular weight excluding hydrogens is 370 g/mol. The number of nitrogens with one attached hydrogen (secondary N) is 1. The number of phenolic OH excluding ortho intramolecular Hbond substituents is 1. The summed E-state index contributed by atoms with van der Waals surface area (Å²) in [6, 6.07) is 11.8. The molecule has 0 radical (unpaired) electrons. The topological polar surface area (TPSA) is 49.3 Å². The predicted octanol–water partition coefficient (Wildman–Crippen LogP) is 4.97. The SMILES string of the molecule is CCSc1ccccc1-c1cc(/C=C2\SC(=S)NC2=O)cc(C)c1O. The van der Waals surface area contributed by atoms with Gasteiger partial charge in [-0.3, -0.25) is 4.79 Å². The molecular formula is C19H17NO2S3. The summed E-state index contributed by atoms with van der Waals surface area (Å²) in [4.78, 5) is 13.6. The lowest BCUT2D eigenvalue weighted by Crippen LogP contribution is -2.17. The first-order chi connectivity index (χ1) is 12.0. The molecule has 0 spiro atoms. The third-order valence-corrected chi connectivity index (χ3v) is 5.86. The highest BCUT2D eigenvalue weighted by molar-refractivity contribution is 8.26. The number of hydrogen-bond acceptors (Lipinski definition) is 5. The number of aryl methyl sites for hydroxylation is 1. The number of benzene rings is 2.